The Morgan fingerprint density at radius 3 is 2.24 bits per heavy atom. The fraction of sp³-hybridized carbons (Fsp3) is 0.244. The zero-order valence-electron chi connectivity index (χ0n) is 28.4. The predicted molar refractivity (Wildman–Crippen MR) is 194 cm³/mol. The van der Waals surface area contributed by atoms with Gasteiger partial charge in [-0.3, -0.25) is 0 Å². The maximum atomic E-state index is 12.6. The lowest BCUT2D eigenvalue weighted by Gasteiger charge is -2.38. The first-order chi connectivity index (χ1) is 24.8. The van der Waals surface area contributed by atoms with E-state index in [0.717, 1.165) is 28.0 Å². The number of hydrogen-bond donors (Lipinski definition) is 5. The Kier molecular flexibility index (Phi) is 12.0. The number of benzene rings is 5. The molecular weight excluding hydrogens is 646 g/mol. The first kappa shape index (κ1) is 35.6. The molecule has 0 aromatic heterocycles. The van der Waals surface area contributed by atoms with E-state index < -0.39 is 12.4 Å². The lowest BCUT2D eigenvalue weighted by molar-refractivity contribution is -0.252. The number of anilines is 1. The van der Waals surface area contributed by atoms with E-state index in [1.807, 2.05) is 90.8 Å². The Labute approximate surface area is 297 Å². The van der Waals surface area contributed by atoms with Crippen LogP contribution in [0.15, 0.2) is 127 Å². The fourth-order valence-corrected chi connectivity index (χ4v) is 5.97. The van der Waals surface area contributed by atoms with E-state index in [1.54, 1.807) is 48.5 Å². The zero-order valence-corrected chi connectivity index (χ0v) is 28.4. The molecule has 0 radical (unpaired) electrons. The number of nitrogens with one attached hydrogen (secondary N) is 2. The van der Waals surface area contributed by atoms with Gasteiger partial charge in [0.25, 0.3) is 0 Å². The number of urea groups is 1. The molecule has 1 fully saturated rings. The van der Waals surface area contributed by atoms with Crippen LogP contribution in [0.25, 0.3) is 0 Å². The topological polar surface area (TPSA) is 133 Å². The van der Waals surface area contributed by atoms with Crippen LogP contribution < -0.4 is 15.4 Å². The molecular formula is C41H43N3O7. The summed E-state index contributed by atoms with van der Waals surface area (Å²) in [5.74, 6) is 1.52. The van der Waals surface area contributed by atoms with Crippen molar-refractivity contribution < 1.29 is 34.3 Å². The molecule has 1 heterocycles. The number of ether oxygens (including phenoxy) is 3. The molecule has 264 valence electrons. The highest BCUT2D eigenvalue weighted by Crippen LogP contribution is 2.38. The summed E-state index contributed by atoms with van der Waals surface area (Å²) in [6.07, 6.45) is -1.29. The number of aliphatic hydroxyl groups is 2. The Hall–Kier alpha value is -5.23. The summed E-state index contributed by atoms with van der Waals surface area (Å²) in [6, 6.07) is 38.5. The minimum atomic E-state index is -0.775. The van der Waals surface area contributed by atoms with Gasteiger partial charge in [-0.25, -0.2) is 4.79 Å². The molecule has 10 heteroatoms. The summed E-state index contributed by atoms with van der Waals surface area (Å²) in [4.78, 5) is 14.6. The van der Waals surface area contributed by atoms with Crippen LogP contribution >= 0.6 is 0 Å². The summed E-state index contributed by atoms with van der Waals surface area (Å²) in [6.45, 7) is 1.18. The number of hydrogen-bond acceptors (Lipinski definition) is 8. The average molecular weight is 690 g/mol. The SMILES string of the molecule is CN(C[C@@H]1C[C@H](c2ccc(CO)cc2)O[C@H](c2ccc(CNC(=O)Nc3ccc(Oc4ccccc4)cc3)cc2)O1)C[C@@H](O)c1cccc(O)c1. The number of rotatable bonds is 13. The molecule has 1 saturated heterocycles. The molecule has 0 saturated carbocycles. The Morgan fingerprint density at radius 2 is 1.53 bits per heavy atom. The van der Waals surface area contributed by atoms with Crippen LogP contribution in [-0.2, 0) is 22.6 Å². The molecule has 2 amide bonds. The summed E-state index contributed by atoms with van der Waals surface area (Å²) >= 11 is 0. The monoisotopic (exact) mass is 689 g/mol. The standard InChI is InChI=1S/C41H43N3O7/c1-44(26-38(47)32-6-5-7-34(46)22-32)25-37-23-39(30-14-12-29(27-45)13-15-30)51-40(50-37)31-16-10-28(11-17-31)24-42-41(48)43-33-18-20-36(21-19-33)49-35-8-3-2-4-9-35/h2-22,37-40,45-47H,23-27H2,1H3,(H2,42,43,48)/t37-,38+,39+,40+/m0/s1. The second kappa shape index (κ2) is 17.1. The lowest BCUT2D eigenvalue weighted by atomic mass is 9.99. The molecule has 51 heavy (non-hydrogen) atoms. The second-order valence-corrected chi connectivity index (χ2v) is 12.7. The molecule has 0 aliphatic carbocycles. The number of phenolic OH excluding ortho intramolecular Hbond substituents is 1. The summed E-state index contributed by atoms with van der Waals surface area (Å²) in [7, 11) is 1.93. The van der Waals surface area contributed by atoms with Crippen molar-refractivity contribution in [2.45, 2.75) is 44.2 Å². The number of amides is 2. The third kappa shape index (κ3) is 10.2. The van der Waals surface area contributed by atoms with Crippen LogP contribution in [0.5, 0.6) is 17.2 Å². The number of carbonyl (C=O) groups is 1. The van der Waals surface area contributed by atoms with Gasteiger partial charge in [0.05, 0.1) is 24.9 Å². The number of likely N-dealkylation sites (N-methyl/N-ethyl adjacent to an activating group) is 1. The van der Waals surface area contributed by atoms with Gasteiger partial charge in [-0.05, 0) is 77.8 Å². The Morgan fingerprint density at radius 1 is 0.843 bits per heavy atom. The van der Waals surface area contributed by atoms with Crippen LogP contribution in [-0.4, -0.2) is 52.5 Å². The first-order valence-electron chi connectivity index (χ1n) is 16.9. The van der Waals surface area contributed by atoms with E-state index in [1.165, 1.54) is 0 Å². The van der Waals surface area contributed by atoms with Gasteiger partial charge in [0, 0.05) is 37.3 Å². The number of phenols is 1. The highest BCUT2D eigenvalue weighted by molar-refractivity contribution is 5.89. The van der Waals surface area contributed by atoms with Gasteiger partial charge in [0.15, 0.2) is 6.29 Å². The third-order valence-corrected chi connectivity index (χ3v) is 8.67. The summed E-state index contributed by atoms with van der Waals surface area (Å²) in [5.41, 5.74) is 4.84. The molecule has 0 bridgehead atoms. The molecule has 0 spiro atoms. The maximum absolute atomic E-state index is 12.6. The van der Waals surface area contributed by atoms with E-state index in [-0.39, 0.29) is 30.6 Å². The van der Waals surface area contributed by atoms with Crippen LogP contribution in [0.2, 0.25) is 0 Å². The molecule has 1 aliphatic heterocycles. The van der Waals surface area contributed by atoms with E-state index in [4.69, 9.17) is 14.2 Å². The van der Waals surface area contributed by atoms with Gasteiger partial charge in [-0.2, -0.15) is 0 Å². The quantitative estimate of drug-likeness (QED) is 0.0877. The highest BCUT2D eigenvalue weighted by atomic mass is 16.7. The predicted octanol–water partition coefficient (Wildman–Crippen LogP) is 7.21. The van der Waals surface area contributed by atoms with E-state index in [0.29, 0.717) is 43.1 Å². The summed E-state index contributed by atoms with van der Waals surface area (Å²) < 4.78 is 18.8. The summed E-state index contributed by atoms with van der Waals surface area (Å²) in [5, 5.41) is 35.9. The molecule has 6 rings (SSSR count). The van der Waals surface area contributed by atoms with E-state index in [2.05, 4.69) is 10.6 Å². The fourth-order valence-electron chi connectivity index (χ4n) is 5.97. The van der Waals surface area contributed by atoms with E-state index >= 15 is 0 Å². The van der Waals surface area contributed by atoms with Crippen molar-refractivity contribution in [3.05, 3.63) is 155 Å². The van der Waals surface area contributed by atoms with Gasteiger partial charge >= 0.3 is 6.03 Å². The number of aromatic hydroxyl groups is 1. The zero-order chi connectivity index (χ0) is 35.6. The average Bonchev–Trinajstić information content (AvgIpc) is 3.15. The number of nitrogens with zero attached hydrogens (tertiary/aromatic N) is 1. The van der Waals surface area contributed by atoms with Crippen LogP contribution in [0, 0.1) is 0 Å². The van der Waals surface area contributed by atoms with Crippen molar-refractivity contribution in [3.8, 4) is 17.2 Å². The van der Waals surface area contributed by atoms with Crippen LogP contribution in [0.1, 0.15) is 52.7 Å². The molecule has 1 aliphatic rings. The largest absolute Gasteiger partial charge is 0.508 e. The van der Waals surface area contributed by atoms with Crippen molar-refractivity contribution in [2.75, 3.05) is 25.5 Å². The van der Waals surface area contributed by atoms with Gasteiger partial charge in [0.1, 0.15) is 17.2 Å². The molecule has 0 unspecified atom stereocenters. The second-order valence-electron chi connectivity index (χ2n) is 12.7. The van der Waals surface area contributed by atoms with Gasteiger partial charge in [0.2, 0.25) is 0 Å². The number of aliphatic hydroxyl groups excluding tert-OH is 2. The van der Waals surface area contributed by atoms with Gasteiger partial charge in [-0.15, -0.1) is 0 Å². The van der Waals surface area contributed by atoms with Crippen molar-refractivity contribution in [2.24, 2.45) is 0 Å². The minimum Gasteiger partial charge on any atom is -0.508 e. The van der Waals surface area contributed by atoms with Gasteiger partial charge < -0.3 is 45.1 Å². The lowest BCUT2D eigenvalue weighted by Crippen LogP contribution is -2.39. The van der Waals surface area contributed by atoms with Crippen LogP contribution in [0.4, 0.5) is 10.5 Å². The molecule has 10 nitrogen and oxygen atoms in total. The maximum Gasteiger partial charge on any atom is 0.319 e. The molecule has 5 aromatic rings. The van der Waals surface area contributed by atoms with Crippen molar-refractivity contribution in [3.63, 3.8) is 0 Å². The number of para-hydroxylation sites is 1. The Bertz CT molecular complexity index is 1840. The number of carbonyl (C=O) groups excluding carboxylic acids is 1. The normalized spacial score (nSPS) is 17.8. The molecule has 5 aromatic carbocycles. The van der Waals surface area contributed by atoms with Crippen molar-refractivity contribution in [1.29, 1.82) is 0 Å². The van der Waals surface area contributed by atoms with Gasteiger partial charge in [-0.1, -0.05) is 78.9 Å². The Balaban J connectivity index is 1.05. The minimum absolute atomic E-state index is 0.0347. The smallest absolute Gasteiger partial charge is 0.319 e. The van der Waals surface area contributed by atoms with Crippen molar-refractivity contribution in [1.82, 2.24) is 10.2 Å². The first-order valence-corrected chi connectivity index (χ1v) is 16.9. The molecule has 5 N–H and O–H groups in total. The van der Waals surface area contributed by atoms with Crippen molar-refractivity contribution >= 4 is 11.7 Å². The van der Waals surface area contributed by atoms with Crippen LogP contribution in [0.3, 0.4) is 0 Å². The third-order valence-electron chi connectivity index (χ3n) is 8.67. The molecule has 4 atom stereocenters. The van der Waals surface area contributed by atoms with E-state index in [9.17, 15) is 20.1 Å². The highest BCUT2D eigenvalue weighted by Gasteiger charge is 2.33.